The molecule has 0 saturated heterocycles. The lowest BCUT2D eigenvalue weighted by Crippen LogP contribution is -2.07. The molecule has 0 spiro atoms. The van der Waals surface area contributed by atoms with E-state index >= 15 is 0 Å². The van der Waals surface area contributed by atoms with Crippen LogP contribution in [0.25, 0.3) is 5.65 Å². The quantitative estimate of drug-likeness (QED) is 0.679. The van der Waals surface area contributed by atoms with Crippen LogP contribution >= 0.6 is 0 Å². The number of nitrogens with zero attached hydrogens (tertiary/aromatic N) is 2. The number of ether oxygens (including phenoxy) is 3. The van der Waals surface area contributed by atoms with E-state index in [0.717, 1.165) is 6.07 Å². The number of rotatable bonds is 5. The van der Waals surface area contributed by atoms with Crippen molar-refractivity contribution in [3.8, 4) is 17.4 Å². The van der Waals surface area contributed by atoms with Crippen LogP contribution in [0.15, 0.2) is 24.4 Å². The lowest BCUT2D eigenvalue weighted by Gasteiger charge is -2.12. The Labute approximate surface area is 152 Å². The van der Waals surface area contributed by atoms with Gasteiger partial charge in [-0.2, -0.15) is 0 Å². The van der Waals surface area contributed by atoms with E-state index in [1.54, 1.807) is 26.1 Å². The van der Waals surface area contributed by atoms with Gasteiger partial charge in [0.25, 0.3) is 0 Å². The van der Waals surface area contributed by atoms with Crippen molar-refractivity contribution in [2.24, 2.45) is 0 Å². The van der Waals surface area contributed by atoms with Gasteiger partial charge in [-0.05, 0) is 37.6 Å². The number of imidazole rings is 1. The summed E-state index contributed by atoms with van der Waals surface area (Å²) in [5.74, 6) is -1.48. The Balaban J connectivity index is 2.00. The molecule has 0 radical (unpaired) electrons. The highest BCUT2D eigenvalue weighted by Crippen LogP contribution is 2.30. The molecule has 1 N–H and O–H groups in total. The van der Waals surface area contributed by atoms with Crippen molar-refractivity contribution in [2.75, 3.05) is 7.11 Å². The Morgan fingerprint density at radius 1 is 1.26 bits per heavy atom. The maximum Gasteiger partial charge on any atom is 0.512 e. The number of carboxylic acid groups (broad SMARTS) is 1. The second-order valence-electron chi connectivity index (χ2n) is 5.78. The largest absolute Gasteiger partial charge is 0.512 e. The molecule has 2 heterocycles. The first-order chi connectivity index (χ1) is 12.8. The molecule has 3 rings (SSSR count). The van der Waals surface area contributed by atoms with Gasteiger partial charge in [0, 0.05) is 6.20 Å². The van der Waals surface area contributed by atoms with E-state index in [-0.39, 0.29) is 28.6 Å². The molecule has 0 atom stereocenters. The number of benzene rings is 1. The van der Waals surface area contributed by atoms with Gasteiger partial charge in [-0.15, -0.1) is 0 Å². The van der Waals surface area contributed by atoms with Crippen LogP contribution in [-0.2, 0) is 6.61 Å². The summed E-state index contributed by atoms with van der Waals surface area (Å²) < 4.78 is 44.9. The Hall–Kier alpha value is -3.36. The zero-order chi connectivity index (χ0) is 19.7. The third kappa shape index (κ3) is 3.48. The van der Waals surface area contributed by atoms with Crippen LogP contribution in [0, 0.1) is 25.5 Å². The van der Waals surface area contributed by atoms with E-state index in [1.807, 2.05) is 0 Å². The standard InChI is InChI=1S/C18H16F2N2O5/c1-9-6-14(16-21-10(2)17(22(16)7-9)27-18(23)24)26-8-11-12(19)4-5-13(25-3)15(11)20/h4-7H,8H2,1-3H3,(H,23,24). The molecule has 142 valence electrons. The van der Waals surface area contributed by atoms with Gasteiger partial charge >= 0.3 is 6.16 Å². The zero-order valence-electron chi connectivity index (χ0n) is 14.7. The Kier molecular flexibility index (Phi) is 4.85. The molecule has 1 aromatic carbocycles. The Morgan fingerprint density at radius 2 is 2.00 bits per heavy atom. The summed E-state index contributed by atoms with van der Waals surface area (Å²) in [7, 11) is 1.28. The molecule has 2 aromatic heterocycles. The summed E-state index contributed by atoms with van der Waals surface area (Å²) in [4.78, 5) is 15.1. The minimum atomic E-state index is -1.48. The van der Waals surface area contributed by atoms with Gasteiger partial charge in [-0.1, -0.05) is 0 Å². The lowest BCUT2D eigenvalue weighted by atomic mass is 10.2. The molecule has 0 amide bonds. The average Bonchev–Trinajstić information content (AvgIpc) is 2.90. The topological polar surface area (TPSA) is 82.3 Å². The normalized spacial score (nSPS) is 10.9. The van der Waals surface area contributed by atoms with Crippen LogP contribution in [0.3, 0.4) is 0 Å². The van der Waals surface area contributed by atoms with Crippen LogP contribution in [0.1, 0.15) is 16.8 Å². The summed E-state index contributed by atoms with van der Waals surface area (Å²) in [6.45, 7) is 2.92. The van der Waals surface area contributed by atoms with Crippen LogP contribution < -0.4 is 14.2 Å². The van der Waals surface area contributed by atoms with Crippen molar-refractivity contribution < 1.29 is 32.9 Å². The number of fused-ring (bicyclic) bond motifs is 1. The molecule has 0 aliphatic rings. The summed E-state index contributed by atoms with van der Waals surface area (Å²) in [6, 6.07) is 3.90. The SMILES string of the molecule is COc1ccc(F)c(COc2cc(C)cn3c(OC(=O)O)c(C)nc23)c1F. The minimum Gasteiger partial charge on any atom is -0.494 e. The fraction of sp³-hybridized carbons (Fsp3) is 0.222. The minimum absolute atomic E-state index is 0.0183. The van der Waals surface area contributed by atoms with E-state index in [1.165, 1.54) is 17.6 Å². The first-order valence-corrected chi connectivity index (χ1v) is 7.85. The molecule has 0 fully saturated rings. The first kappa shape index (κ1) is 18.4. The number of aromatic nitrogens is 2. The number of halogens is 2. The number of hydrogen-bond donors (Lipinski definition) is 1. The maximum absolute atomic E-state index is 14.3. The van der Waals surface area contributed by atoms with Crippen molar-refractivity contribution in [1.29, 1.82) is 0 Å². The predicted octanol–water partition coefficient (Wildman–Crippen LogP) is 3.87. The zero-order valence-corrected chi connectivity index (χ0v) is 14.7. The van der Waals surface area contributed by atoms with E-state index in [4.69, 9.17) is 19.3 Å². The molecule has 0 aliphatic carbocycles. The number of carbonyl (C=O) groups is 1. The molecular weight excluding hydrogens is 362 g/mol. The van der Waals surface area contributed by atoms with E-state index in [0.29, 0.717) is 11.3 Å². The Bertz CT molecular complexity index is 1030. The number of aryl methyl sites for hydroxylation is 2. The van der Waals surface area contributed by atoms with Gasteiger partial charge in [-0.3, -0.25) is 4.40 Å². The van der Waals surface area contributed by atoms with Crippen molar-refractivity contribution >= 4 is 11.8 Å². The van der Waals surface area contributed by atoms with E-state index in [2.05, 4.69) is 4.98 Å². The van der Waals surface area contributed by atoms with Gasteiger partial charge in [0.05, 0.1) is 12.7 Å². The van der Waals surface area contributed by atoms with Crippen molar-refractivity contribution in [2.45, 2.75) is 20.5 Å². The molecule has 0 unspecified atom stereocenters. The fourth-order valence-electron chi connectivity index (χ4n) is 2.66. The van der Waals surface area contributed by atoms with Gasteiger partial charge in [0.1, 0.15) is 18.1 Å². The van der Waals surface area contributed by atoms with E-state index in [9.17, 15) is 13.6 Å². The van der Waals surface area contributed by atoms with Crippen LogP contribution in [0.2, 0.25) is 0 Å². The van der Waals surface area contributed by atoms with E-state index < -0.39 is 24.4 Å². The second kappa shape index (κ2) is 7.10. The summed E-state index contributed by atoms with van der Waals surface area (Å²) >= 11 is 0. The number of methoxy groups -OCH3 is 1. The van der Waals surface area contributed by atoms with Gasteiger partial charge in [0.2, 0.25) is 5.88 Å². The molecule has 3 aromatic rings. The summed E-state index contributed by atoms with van der Waals surface area (Å²) in [5, 5.41) is 8.88. The average molecular weight is 378 g/mol. The maximum atomic E-state index is 14.3. The highest BCUT2D eigenvalue weighted by Gasteiger charge is 2.19. The summed E-state index contributed by atoms with van der Waals surface area (Å²) in [5.41, 5.74) is 1.00. The number of pyridine rings is 1. The van der Waals surface area contributed by atoms with Gasteiger partial charge in [0.15, 0.2) is 23.0 Å². The fourth-order valence-corrected chi connectivity index (χ4v) is 2.66. The predicted molar refractivity (Wildman–Crippen MR) is 90.6 cm³/mol. The Morgan fingerprint density at radius 3 is 2.67 bits per heavy atom. The van der Waals surface area contributed by atoms with Crippen LogP contribution in [0.4, 0.5) is 13.6 Å². The lowest BCUT2D eigenvalue weighted by molar-refractivity contribution is 0.141. The highest BCUT2D eigenvalue weighted by atomic mass is 19.1. The van der Waals surface area contributed by atoms with Crippen molar-refractivity contribution in [1.82, 2.24) is 9.38 Å². The molecule has 0 saturated carbocycles. The second-order valence-corrected chi connectivity index (χ2v) is 5.78. The molecule has 27 heavy (non-hydrogen) atoms. The number of hydrogen-bond acceptors (Lipinski definition) is 5. The van der Waals surface area contributed by atoms with Crippen LogP contribution in [0.5, 0.6) is 17.4 Å². The van der Waals surface area contributed by atoms with Crippen LogP contribution in [-0.4, -0.2) is 27.8 Å². The summed E-state index contributed by atoms with van der Waals surface area (Å²) in [6.07, 6.45) is 0.136. The molecule has 0 aliphatic heterocycles. The molecule has 9 heteroatoms. The van der Waals surface area contributed by atoms with Crippen molar-refractivity contribution in [3.63, 3.8) is 0 Å². The molecule has 7 nitrogen and oxygen atoms in total. The smallest absolute Gasteiger partial charge is 0.494 e. The van der Waals surface area contributed by atoms with Crippen molar-refractivity contribution in [3.05, 3.63) is 52.9 Å². The third-order valence-corrected chi connectivity index (χ3v) is 3.87. The third-order valence-electron chi connectivity index (χ3n) is 3.87. The molecular formula is C18H16F2N2O5. The first-order valence-electron chi connectivity index (χ1n) is 7.85. The van der Waals surface area contributed by atoms with Gasteiger partial charge in [-0.25, -0.2) is 18.6 Å². The van der Waals surface area contributed by atoms with Gasteiger partial charge < -0.3 is 19.3 Å². The monoisotopic (exact) mass is 378 g/mol. The highest BCUT2D eigenvalue weighted by molar-refractivity contribution is 5.64. The molecule has 0 bridgehead atoms.